The van der Waals surface area contributed by atoms with Crippen molar-refractivity contribution >= 4 is 0 Å². The van der Waals surface area contributed by atoms with E-state index in [9.17, 15) is 17.6 Å². The monoisotopic (exact) mass is 168 g/mol. The number of aliphatic hydroxyl groups excluding tert-OH is 1. The van der Waals surface area contributed by atoms with E-state index in [1.165, 1.54) is 0 Å². The maximum atomic E-state index is 12.2. The molecule has 1 rings (SSSR count). The summed E-state index contributed by atoms with van der Waals surface area (Å²) in [6.45, 7) is 0. The lowest BCUT2D eigenvalue weighted by molar-refractivity contribution is 0.0112. The number of allylic oxidation sites excluding steroid dienone is 3. The van der Waals surface area contributed by atoms with Gasteiger partial charge >= 0.3 is 5.92 Å². The van der Waals surface area contributed by atoms with Gasteiger partial charge in [-0.1, -0.05) is 0 Å². The topological polar surface area (TPSA) is 20.2 Å². The van der Waals surface area contributed by atoms with Gasteiger partial charge in [-0.2, -0.15) is 8.78 Å². The molecule has 0 unspecified atom stereocenters. The summed E-state index contributed by atoms with van der Waals surface area (Å²) < 4.78 is 48.8. The van der Waals surface area contributed by atoms with Crippen LogP contribution in [0.2, 0.25) is 0 Å². The predicted molar refractivity (Wildman–Crippen MR) is 29.5 cm³/mol. The first-order chi connectivity index (χ1) is 4.95. The maximum Gasteiger partial charge on any atom is 0.306 e. The number of hydrogen-bond donors (Lipinski definition) is 1. The molecule has 1 N–H and O–H groups in total. The van der Waals surface area contributed by atoms with E-state index in [1.54, 1.807) is 0 Å². The molecule has 1 aliphatic rings. The highest BCUT2D eigenvalue weighted by atomic mass is 19.3. The molecule has 0 saturated heterocycles. The normalized spacial score (nSPS) is 23.5. The number of hydrogen-bond acceptors (Lipinski definition) is 1. The molecule has 0 radical (unpaired) electrons. The van der Waals surface area contributed by atoms with Crippen LogP contribution in [0.3, 0.4) is 0 Å². The van der Waals surface area contributed by atoms with Crippen LogP contribution in [0, 0.1) is 0 Å². The zero-order valence-electron chi connectivity index (χ0n) is 5.24. The Balaban J connectivity index is 3.07. The number of halogens is 4. The smallest absolute Gasteiger partial charge is 0.306 e. The van der Waals surface area contributed by atoms with Gasteiger partial charge in [0.25, 0.3) is 0 Å². The number of aliphatic hydroxyl groups is 1. The summed E-state index contributed by atoms with van der Waals surface area (Å²) in [5.74, 6) is -8.80. The summed E-state index contributed by atoms with van der Waals surface area (Å²) in [5, 5.41) is 8.36. The average molecular weight is 168 g/mol. The highest BCUT2D eigenvalue weighted by Gasteiger charge is 2.41. The van der Waals surface area contributed by atoms with Gasteiger partial charge < -0.3 is 5.11 Å². The molecule has 11 heavy (non-hydrogen) atoms. The molecule has 62 valence electrons. The highest BCUT2D eigenvalue weighted by Crippen LogP contribution is 2.37. The minimum Gasteiger partial charge on any atom is -0.503 e. The molecule has 0 aromatic heterocycles. The van der Waals surface area contributed by atoms with Crippen LogP contribution in [0.1, 0.15) is 6.42 Å². The van der Waals surface area contributed by atoms with Crippen molar-refractivity contribution < 1.29 is 22.7 Å². The lowest BCUT2D eigenvalue weighted by Gasteiger charge is -2.16. The van der Waals surface area contributed by atoms with E-state index >= 15 is 0 Å². The second-order valence-corrected chi connectivity index (χ2v) is 2.12. The summed E-state index contributed by atoms with van der Waals surface area (Å²) >= 11 is 0. The molecular formula is C6H4F4O. The summed E-state index contributed by atoms with van der Waals surface area (Å²) in [5.41, 5.74) is 0. The fourth-order valence-electron chi connectivity index (χ4n) is 0.682. The number of alkyl halides is 2. The molecule has 0 heterocycles. The van der Waals surface area contributed by atoms with Crippen molar-refractivity contribution in [2.45, 2.75) is 12.3 Å². The number of rotatable bonds is 0. The van der Waals surface area contributed by atoms with Crippen LogP contribution in [-0.2, 0) is 0 Å². The Morgan fingerprint density at radius 1 is 1.36 bits per heavy atom. The van der Waals surface area contributed by atoms with Crippen molar-refractivity contribution in [2.75, 3.05) is 0 Å². The quantitative estimate of drug-likeness (QED) is 0.551. The summed E-state index contributed by atoms with van der Waals surface area (Å²) in [6.07, 6.45) is -0.604. The van der Waals surface area contributed by atoms with E-state index in [-0.39, 0.29) is 0 Å². The van der Waals surface area contributed by atoms with E-state index in [1.807, 2.05) is 0 Å². The average Bonchev–Trinajstić information content (AvgIpc) is 1.95. The molecule has 0 fully saturated rings. The largest absolute Gasteiger partial charge is 0.503 e. The van der Waals surface area contributed by atoms with E-state index in [0.717, 1.165) is 0 Å². The SMILES string of the molecule is OC1=C(F)C(F)(F)CC=C1F. The predicted octanol–water partition coefficient (Wildman–Crippen LogP) is 2.62. The molecule has 0 saturated carbocycles. The van der Waals surface area contributed by atoms with Gasteiger partial charge in [0.2, 0.25) is 5.83 Å². The first-order valence-electron chi connectivity index (χ1n) is 2.78. The summed E-state index contributed by atoms with van der Waals surface area (Å²) in [6, 6.07) is 0. The van der Waals surface area contributed by atoms with Crippen LogP contribution < -0.4 is 0 Å². The molecular weight excluding hydrogens is 164 g/mol. The second kappa shape index (κ2) is 2.25. The molecule has 5 heteroatoms. The highest BCUT2D eigenvalue weighted by molar-refractivity contribution is 5.30. The Morgan fingerprint density at radius 2 is 1.91 bits per heavy atom. The third-order valence-electron chi connectivity index (χ3n) is 1.29. The van der Waals surface area contributed by atoms with Crippen LogP contribution in [-0.4, -0.2) is 11.0 Å². The lowest BCUT2D eigenvalue weighted by Crippen LogP contribution is -2.20. The Bertz CT molecular complexity index is 241. The molecule has 1 aliphatic carbocycles. The van der Waals surface area contributed by atoms with Crippen LogP contribution in [0.5, 0.6) is 0 Å². The van der Waals surface area contributed by atoms with Crippen molar-refractivity contribution in [3.63, 3.8) is 0 Å². The molecule has 0 bridgehead atoms. The molecule has 0 spiro atoms. The first kappa shape index (κ1) is 8.10. The minimum absolute atomic E-state index is 0.443. The third kappa shape index (κ3) is 1.22. The molecule has 0 atom stereocenters. The zero-order valence-corrected chi connectivity index (χ0v) is 5.24. The van der Waals surface area contributed by atoms with Gasteiger partial charge in [-0.15, -0.1) is 0 Å². The first-order valence-corrected chi connectivity index (χ1v) is 2.78. The lowest BCUT2D eigenvalue weighted by atomic mass is 10.1. The van der Waals surface area contributed by atoms with E-state index in [2.05, 4.69) is 0 Å². The van der Waals surface area contributed by atoms with E-state index in [0.29, 0.717) is 6.08 Å². The molecule has 0 aromatic rings. The van der Waals surface area contributed by atoms with Crippen LogP contribution >= 0.6 is 0 Å². The van der Waals surface area contributed by atoms with Gasteiger partial charge in [0.1, 0.15) is 0 Å². The molecule has 0 amide bonds. The third-order valence-corrected chi connectivity index (χ3v) is 1.29. The summed E-state index contributed by atoms with van der Waals surface area (Å²) in [4.78, 5) is 0. The fourth-order valence-corrected chi connectivity index (χ4v) is 0.682. The van der Waals surface area contributed by atoms with Gasteiger partial charge in [-0.3, -0.25) is 0 Å². The van der Waals surface area contributed by atoms with E-state index < -0.39 is 29.8 Å². The van der Waals surface area contributed by atoms with Crippen molar-refractivity contribution in [1.29, 1.82) is 0 Å². The van der Waals surface area contributed by atoms with Crippen LogP contribution in [0.25, 0.3) is 0 Å². The van der Waals surface area contributed by atoms with Crippen molar-refractivity contribution in [1.82, 2.24) is 0 Å². The Morgan fingerprint density at radius 3 is 2.36 bits per heavy atom. The van der Waals surface area contributed by atoms with Gasteiger partial charge in [-0.25, -0.2) is 8.78 Å². The standard InChI is InChI=1S/C6H4F4O/c7-3-1-2-6(9,10)5(8)4(3)11/h1,11H,2H2. The molecule has 1 nitrogen and oxygen atoms in total. The zero-order chi connectivity index (χ0) is 8.65. The van der Waals surface area contributed by atoms with E-state index in [4.69, 9.17) is 5.11 Å². The Hall–Kier alpha value is -1.00. The fraction of sp³-hybridized carbons (Fsp3) is 0.333. The van der Waals surface area contributed by atoms with Crippen LogP contribution in [0.4, 0.5) is 17.6 Å². The van der Waals surface area contributed by atoms with Crippen molar-refractivity contribution in [3.8, 4) is 0 Å². The Labute approximate surface area is 59.6 Å². The van der Waals surface area contributed by atoms with Crippen molar-refractivity contribution in [3.05, 3.63) is 23.5 Å². The van der Waals surface area contributed by atoms with Gasteiger partial charge in [0.15, 0.2) is 11.6 Å². The summed E-state index contributed by atoms with van der Waals surface area (Å²) in [7, 11) is 0. The minimum atomic E-state index is -3.76. The van der Waals surface area contributed by atoms with Gasteiger partial charge in [-0.05, 0) is 6.08 Å². The maximum absolute atomic E-state index is 12.2. The second-order valence-electron chi connectivity index (χ2n) is 2.12. The van der Waals surface area contributed by atoms with Crippen LogP contribution in [0.15, 0.2) is 23.5 Å². The van der Waals surface area contributed by atoms with Gasteiger partial charge in [0, 0.05) is 6.42 Å². The Kier molecular flexibility index (Phi) is 1.66. The molecule has 0 aliphatic heterocycles. The van der Waals surface area contributed by atoms with Crippen molar-refractivity contribution in [2.24, 2.45) is 0 Å². The molecule has 0 aromatic carbocycles. The van der Waals surface area contributed by atoms with Gasteiger partial charge in [0.05, 0.1) is 0 Å².